The molecule has 1 saturated heterocycles. The van der Waals surface area contributed by atoms with E-state index in [-0.39, 0.29) is 32.0 Å². The minimum atomic E-state index is -4.40. The Morgan fingerprint density at radius 1 is 1.29 bits per heavy atom. The number of carbonyl (C=O) groups excluding carboxylic acids is 1. The van der Waals surface area contributed by atoms with Crippen LogP contribution in [0.2, 0.25) is 0 Å². The fraction of sp³-hybridized carbons (Fsp3) is 0.423. The molecule has 1 amide bonds. The number of carbonyl (C=O) groups is 1. The van der Waals surface area contributed by atoms with Crippen LogP contribution in [0, 0.1) is 5.92 Å². The molecule has 202 valence electrons. The summed E-state index contributed by atoms with van der Waals surface area (Å²) in [7, 11) is 1.48. The van der Waals surface area contributed by atoms with Gasteiger partial charge in [0.25, 0.3) is 0 Å². The van der Waals surface area contributed by atoms with Crippen LogP contribution in [0.4, 0.5) is 18.9 Å². The number of hydrogen-bond donors (Lipinski definition) is 3. The highest BCUT2D eigenvalue weighted by Gasteiger charge is 2.47. The summed E-state index contributed by atoms with van der Waals surface area (Å²) in [4.78, 5) is 22.9. The lowest BCUT2D eigenvalue weighted by atomic mass is 9.90. The summed E-state index contributed by atoms with van der Waals surface area (Å²) in [6, 6.07) is 9.81. The predicted octanol–water partition coefficient (Wildman–Crippen LogP) is 3.76. The SMILES string of the molecule is COc1ccc2nccc(C(O)CN3CC[C@H](NCc4ccc5c(c4)NC(=O)CS5)[C@H](C(F)(F)F)C3)c2n1. The highest BCUT2D eigenvalue weighted by molar-refractivity contribution is 8.00. The monoisotopic (exact) mass is 547 g/mol. The molecule has 3 aromatic rings. The fourth-order valence-electron chi connectivity index (χ4n) is 5.00. The Kier molecular flexibility index (Phi) is 7.75. The molecule has 0 saturated carbocycles. The number of ether oxygens (including phenoxy) is 1. The van der Waals surface area contributed by atoms with Crippen molar-refractivity contribution in [2.75, 3.05) is 37.8 Å². The van der Waals surface area contributed by atoms with Gasteiger partial charge in [0.05, 0.1) is 41.6 Å². The number of benzene rings is 1. The number of amides is 1. The third kappa shape index (κ3) is 5.88. The molecule has 4 heterocycles. The van der Waals surface area contributed by atoms with Crippen molar-refractivity contribution in [1.29, 1.82) is 0 Å². The molecule has 0 aliphatic carbocycles. The number of thioether (sulfide) groups is 1. The molecule has 5 rings (SSSR count). The van der Waals surface area contributed by atoms with Crippen LogP contribution in [-0.4, -0.2) is 70.6 Å². The molecule has 12 heteroatoms. The number of piperidine rings is 1. The number of aromatic nitrogens is 2. The van der Waals surface area contributed by atoms with E-state index in [1.165, 1.54) is 18.9 Å². The van der Waals surface area contributed by atoms with Crippen LogP contribution in [0.25, 0.3) is 11.0 Å². The van der Waals surface area contributed by atoms with Crippen LogP contribution >= 0.6 is 11.8 Å². The van der Waals surface area contributed by atoms with Crippen LogP contribution in [0.5, 0.6) is 5.88 Å². The van der Waals surface area contributed by atoms with Crippen molar-refractivity contribution in [3.8, 4) is 5.88 Å². The molecule has 0 spiro atoms. The Balaban J connectivity index is 1.25. The van der Waals surface area contributed by atoms with Crippen molar-refractivity contribution >= 4 is 34.4 Å². The molecule has 2 aliphatic rings. The van der Waals surface area contributed by atoms with E-state index in [0.29, 0.717) is 40.5 Å². The summed E-state index contributed by atoms with van der Waals surface area (Å²) in [6.07, 6.45) is -3.62. The number of nitrogens with zero attached hydrogens (tertiary/aromatic N) is 3. The molecule has 38 heavy (non-hydrogen) atoms. The van der Waals surface area contributed by atoms with Gasteiger partial charge in [-0.2, -0.15) is 13.2 Å². The molecule has 3 atom stereocenters. The maximum Gasteiger partial charge on any atom is 0.394 e. The van der Waals surface area contributed by atoms with Crippen molar-refractivity contribution in [1.82, 2.24) is 20.2 Å². The van der Waals surface area contributed by atoms with E-state index in [0.717, 1.165) is 10.5 Å². The Morgan fingerprint density at radius 3 is 2.92 bits per heavy atom. The van der Waals surface area contributed by atoms with E-state index < -0.39 is 24.2 Å². The van der Waals surface area contributed by atoms with Gasteiger partial charge >= 0.3 is 6.18 Å². The number of hydrogen-bond acceptors (Lipinski definition) is 8. The van der Waals surface area contributed by atoms with Crippen LogP contribution in [-0.2, 0) is 11.3 Å². The normalized spacial score (nSPS) is 21.1. The molecular weight excluding hydrogens is 519 g/mol. The second-order valence-corrected chi connectivity index (χ2v) is 10.5. The predicted molar refractivity (Wildman–Crippen MR) is 138 cm³/mol. The first kappa shape index (κ1) is 26.7. The summed E-state index contributed by atoms with van der Waals surface area (Å²) in [6.45, 7) is 0.469. The first-order valence-corrected chi connectivity index (χ1v) is 13.3. The zero-order valence-corrected chi connectivity index (χ0v) is 21.5. The smallest absolute Gasteiger partial charge is 0.394 e. The highest BCUT2D eigenvalue weighted by Crippen LogP contribution is 2.36. The topological polar surface area (TPSA) is 99.6 Å². The molecule has 1 fully saturated rings. The number of methoxy groups -OCH3 is 1. The van der Waals surface area contributed by atoms with Gasteiger partial charge in [-0.05, 0) is 42.8 Å². The molecule has 2 aliphatic heterocycles. The average molecular weight is 548 g/mol. The second kappa shape index (κ2) is 11.0. The maximum absolute atomic E-state index is 14.1. The molecule has 1 unspecified atom stereocenters. The first-order valence-electron chi connectivity index (χ1n) is 12.3. The number of halogens is 3. The number of nitrogens with one attached hydrogen (secondary N) is 2. The number of likely N-dealkylation sites (tertiary alicyclic amines) is 1. The van der Waals surface area contributed by atoms with Gasteiger partial charge in [-0.25, -0.2) is 4.98 Å². The Bertz CT molecular complexity index is 1330. The average Bonchev–Trinajstić information content (AvgIpc) is 2.90. The molecular formula is C26H28F3N5O3S. The third-order valence-corrected chi connectivity index (χ3v) is 8.02. The number of fused-ring (bicyclic) bond motifs is 2. The number of β-amino-alcohol motifs (C(OH)–C–C–N with tert-alkyl or cyclic N) is 1. The maximum atomic E-state index is 14.1. The lowest BCUT2D eigenvalue weighted by Crippen LogP contribution is -2.54. The highest BCUT2D eigenvalue weighted by atomic mass is 32.2. The number of aliphatic hydroxyl groups excluding tert-OH is 1. The zero-order valence-electron chi connectivity index (χ0n) is 20.7. The molecule has 3 N–H and O–H groups in total. The molecule has 8 nitrogen and oxygen atoms in total. The summed E-state index contributed by atoms with van der Waals surface area (Å²) >= 11 is 1.44. The first-order chi connectivity index (χ1) is 18.2. The number of aliphatic hydroxyl groups is 1. The summed E-state index contributed by atoms with van der Waals surface area (Å²) < 4.78 is 47.5. The Hall–Kier alpha value is -2.93. The summed E-state index contributed by atoms with van der Waals surface area (Å²) in [5.74, 6) is -0.964. The third-order valence-electron chi connectivity index (χ3n) is 6.95. The minimum Gasteiger partial charge on any atom is -0.481 e. The van der Waals surface area contributed by atoms with Gasteiger partial charge in [-0.1, -0.05) is 6.07 Å². The number of alkyl halides is 3. The molecule has 0 radical (unpaired) electrons. The standard InChI is InChI=1S/C26H28F3N5O3S/c1-37-24-5-3-19-25(33-24)16(6-8-30-19)21(35)13-34-9-7-18(17(12-34)26(27,28)29)31-11-15-2-4-22-20(10-15)32-23(36)14-38-22/h2-6,8,10,17-18,21,31,35H,7,9,11-14H2,1H3,(H,32,36)/t17-,18+,21?/m1/s1. The quantitative estimate of drug-likeness (QED) is 0.411. The molecule has 0 bridgehead atoms. The Labute approximate surface area is 222 Å². The van der Waals surface area contributed by atoms with Gasteiger partial charge in [0.15, 0.2) is 0 Å². The number of rotatable bonds is 7. The number of anilines is 1. The minimum absolute atomic E-state index is 0.0412. The van der Waals surface area contributed by atoms with E-state index in [1.54, 1.807) is 29.3 Å². The Morgan fingerprint density at radius 2 is 2.13 bits per heavy atom. The fourth-order valence-corrected chi connectivity index (χ4v) is 5.79. The van der Waals surface area contributed by atoms with Gasteiger partial charge in [0.1, 0.15) is 0 Å². The van der Waals surface area contributed by atoms with Gasteiger partial charge in [-0.15, -0.1) is 11.8 Å². The molecule has 1 aromatic carbocycles. The molecule has 2 aromatic heterocycles. The number of pyridine rings is 2. The van der Waals surface area contributed by atoms with Crippen molar-refractivity contribution in [2.24, 2.45) is 5.92 Å². The van der Waals surface area contributed by atoms with Crippen molar-refractivity contribution in [3.05, 3.63) is 53.7 Å². The zero-order chi connectivity index (χ0) is 26.9. The van der Waals surface area contributed by atoms with Crippen LogP contribution < -0.4 is 15.4 Å². The van der Waals surface area contributed by atoms with E-state index in [4.69, 9.17) is 4.74 Å². The van der Waals surface area contributed by atoms with Crippen molar-refractivity contribution < 1.29 is 27.8 Å². The lowest BCUT2D eigenvalue weighted by molar-refractivity contribution is -0.195. The largest absolute Gasteiger partial charge is 0.481 e. The van der Waals surface area contributed by atoms with Crippen molar-refractivity contribution in [2.45, 2.75) is 36.2 Å². The van der Waals surface area contributed by atoms with Crippen molar-refractivity contribution in [3.63, 3.8) is 0 Å². The lowest BCUT2D eigenvalue weighted by Gasteiger charge is -2.40. The van der Waals surface area contributed by atoms with Crippen LogP contribution in [0.1, 0.15) is 23.7 Å². The van der Waals surface area contributed by atoms with E-state index in [1.807, 2.05) is 18.2 Å². The van der Waals surface area contributed by atoms with Gasteiger partial charge < -0.3 is 20.5 Å². The van der Waals surface area contributed by atoms with Gasteiger partial charge in [0, 0.05) is 48.4 Å². The van der Waals surface area contributed by atoms with Crippen LogP contribution in [0.15, 0.2) is 47.5 Å². The van der Waals surface area contributed by atoms with E-state index in [2.05, 4.69) is 20.6 Å². The summed E-state index contributed by atoms with van der Waals surface area (Å²) in [5.41, 5.74) is 3.02. The van der Waals surface area contributed by atoms with Gasteiger partial charge in [0.2, 0.25) is 11.8 Å². The van der Waals surface area contributed by atoms with E-state index >= 15 is 0 Å². The van der Waals surface area contributed by atoms with E-state index in [9.17, 15) is 23.1 Å². The van der Waals surface area contributed by atoms with Gasteiger partial charge in [-0.3, -0.25) is 14.7 Å². The second-order valence-electron chi connectivity index (χ2n) is 9.49. The van der Waals surface area contributed by atoms with Crippen LogP contribution in [0.3, 0.4) is 0 Å². The summed E-state index contributed by atoms with van der Waals surface area (Å²) in [5, 5.41) is 16.9.